The Morgan fingerprint density at radius 2 is 1.90 bits per heavy atom. The van der Waals surface area contributed by atoms with Crippen LogP contribution < -0.4 is 10.2 Å². The van der Waals surface area contributed by atoms with Crippen molar-refractivity contribution >= 4 is 17.0 Å². The molecule has 3 heteroatoms. The molecule has 0 spiro atoms. The lowest BCUT2D eigenvalue weighted by Crippen LogP contribution is -2.25. The van der Waals surface area contributed by atoms with E-state index in [0.717, 1.165) is 6.54 Å². The van der Waals surface area contributed by atoms with Gasteiger partial charge in [-0.15, -0.1) is 11.3 Å². The minimum atomic E-state index is 0.370. The predicted molar refractivity (Wildman–Crippen MR) is 89.7 cm³/mol. The van der Waals surface area contributed by atoms with Crippen molar-refractivity contribution in [1.82, 2.24) is 5.32 Å². The molecule has 0 aliphatic rings. The van der Waals surface area contributed by atoms with Crippen LogP contribution in [0.5, 0.6) is 0 Å². The minimum Gasteiger partial charge on any atom is -0.367 e. The van der Waals surface area contributed by atoms with Crippen molar-refractivity contribution in [2.24, 2.45) is 0 Å². The maximum absolute atomic E-state index is 3.51. The number of anilines is 1. The molecule has 1 aromatic heterocycles. The van der Waals surface area contributed by atoms with Crippen molar-refractivity contribution in [2.75, 3.05) is 18.5 Å². The maximum Gasteiger partial charge on any atom is 0.0603 e. The highest BCUT2D eigenvalue weighted by atomic mass is 32.1. The first-order valence-electron chi connectivity index (χ1n) is 7.23. The molecule has 1 N–H and O–H groups in total. The Morgan fingerprint density at radius 1 is 1.15 bits per heavy atom. The Hall–Kier alpha value is -1.32. The second kappa shape index (κ2) is 6.91. The van der Waals surface area contributed by atoms with Crippen molar-refractivity contribution in [1.29, 1.82) is 0 Å². The Labute approximate surface area is 126 Å². The lowest BCUT2D eigenvalue weighted by atomic mass is 10.0. The number of nitrogens with one attached hydrogen (secondary N) is 1. The fourth-order valence-corrected chi connectivity index (χ4v) is 3.35. The van der Waals surface area contributed by atoms with Gasteiger partial charge < -0.3 is 10.2 Å². The van der Waals surface area contributed by atoms with E-state index in [2.05, 4.69) is 79.8 Å². The Balaban J connectivity index is 2.27. The van der Waals surface area contributed by atoms with E-state index < -0.39 is 0 Å². The first kappa shape index (κ1) is 15.1. The molecule has 20 heavy (non-hydrogen) atoms. The van der Waals surface area contributed by atoms with Crippen LogP contribution >= 0.6 is 11.3 Å². The van der Waals surface area contributed by atoms with Crippen LogP contribution in [-0.4, -0.2) is 13.6 Å². The summed E-state index contributed by atoms with van der Waals surface area (Å²) < 4.78 is 0. The molecule has 0 radical (unpaired) electrons. The van der Waals surface area contributed by atoms with Gasteiger partial charge in [0, 0.05) is 23.7 Å². The van der Waals surface area contributed by atoms with E-state index in [4.69, 9.17) is 0 Å². The third-order valence-electron chi connectivity index (χ3n) is 3.83. The summed E-state index contributed by atoms with van der Waals surface area (Å²) in [5.74, 6) is 0. The average Bonchev–Trinajstić information content (AvgIpc) is 3.00. The molecule has 0 saturated heterocycles. The monoisotopic (exact) mass is 288 g/mol. The summed E-state index contributed by atoms with van der Waals surface area (Å²) in [6, 6.07) is 13.8. The van der Waals surface area contributed by atoms with Gasteiger partial charge in [-0.25, -0.2) is 0 Å². The number of thiophene rings is 1. The van der Waals surface area contributed by atoms with Crippen LogP contribution in [0.1, 0.15) is 43.3 Å². The normalized spacial score (nSPS) is 14.0. The summed E-state index contributed by atoms with van der Waals surface area (Å²) in [7, 11) is 2.18. The second-order valence-corrected chi connectivity index (χ2v) is 6.12. The summed E-state index contributed by atoms with van der Waals surface area (Å²) in [6.45, 7) is 7.63. The zero-order valence-electron chi connectivity index (χ0n) is 12.8. The number of hydrogen-bond acceptors (Lipinski definition) is 3. The fourth-order valence-electron chi connectivity index (χ4n) is 2.52. The molecule has 1 heterocycles. The van der Waals surface area contributed by atoms with Crippen LogP contribution in [0.15, 0.2) is 41.8 Å². The third-order valence-corrected chi connectivity index (χ3v) is 4.87. The molecule has 0 aliphatic heterocycles. The van der Waals surface area contributed by atoms with Crippen molar-refractivity contribution in [3.05, 3.63) is 52.2 Å². The molecular formula is C17H24N2S. The third kappa shape index (κ3) is 3.22. The van der Waals surface area contributed by atoms with Gasteiger partial charge in [0.05, 0.1) is 6.04 Å². The van der Waals surface area contributed by atoms with E-state index in [9.17, 15) is 0 Å². The van der Waals surface area contributed by atoms with Crippen molar-refractivity contribution in [3.8, 4) is 0 Å². The topological polar surface area (TPSA) is 15.3 Å². The molecular weight excluding hydrogens is 264 g/mol. The van der Waals surface area contributed by atoms with Gasteiger partial charge in [0.2, 0.25) is 0 Å². The van der Waals surface area contributed by atoms with Gasteiger partial charge in [-0.3, -0.25) is 0 Å². The molecule has 0 saturated carbocycles. The predicted octanol–water partition coefficient (Wildman–Crippen LogP) is 4.62. The molecule has 1 aromatic carbocycles. The highest BCUT2D eigenvalue weighted by Crippen LogP contribution is 2.32. The number of benzene rings is 1. The molecule has 2 unspecified atom stereocenters. The van der Waals surface area contributed by atoms with Crippen LogP contribution in [0.25, 0.3) is 0 Å². The van der Waals surface area contributed by atoms with Crippen molar-refractivity contribution in [2.45, 2.75) is 32.9 Å². The van der Waals surface area contributed by atoms with Crippen molar-refractivity contribution in [3.63, 3.8) is 0 Å². The SMILES string of the molecule is CCNC(C)c1ccccc1N(C)C(C)c1cccs1. The van der Waals surface area contributed by atoms with Gasteiger partial charge in [0.25, 0.3) is 0 Å². The van der Waals surface area contributed by atoms with E-state index >= 15 is 0 Å². The smallest absolute Gasteiger partial charge is 0.0603 e. The van der Waals surface area contributed by atoms with E-state index in [-0.39, 0.29) is 0 Å². The molecule has 2 nitrogen and oxygen atoms in total. The lowest BCUT2D eigenvalue weighted by molar-refractivity contribution is 0.594. The van der Waals surface area contributed by atoms with E-state index in [0.29, 0.717) is 12.1 Å². The fraction of sp³-hybridized carbons (Fsp3) is 0.412. The molecule has 2 atom stereocenters. The van der Waals surface area contributed by atoms with Gasteiger partial charge >= 0.3 is 0 Å². The molecule has 2 rings (SSSR count). The van der Waals surface area contributed by atoms with Crippen LogP contribution in [0.2, 0.25) is 0 Å². The summed E-state index contributed by atoms with van der Waals surface area (Å²) in [6.07, 6.45) is 0. The number of rotatable bonds is 6. The Morgan fingerprint density at radius 3 is 2.55 bits per heavy atom. The zero-order valence-corrected chi connectivity index (χ0v) is 13.6. The number of para-hydroxylation sites is 1. The largest absolute Gasteiger partial charge is 0.367 e. The molecule has 0 bridgehead atoms. The molecule has 0 fully saturated rings. The van der Waals surface area contributed by atoms with Gasteiger partial charge in [0.1, 0.15) is 0 Å². The van der Waals surface area contributed by atoms with Crippen LogP contribution in [-0.2, 0) is 0 Å². The lowest BCUT2D eigenvalue weighted by Gasteiger charge is -2.30. The average molecular weight is 288 g/mol. The molecule has 0 aliphatic carbocycles. The molecule has 0 amide bonds. The summed E-state index contributed by atoms with van der Waals surface area (Å²) >= 11 is 1.82. The highest BCUT2D eigenvalue weighted by molar-refractivity contribution is 7.10. The van der Waals surface area contributed by atoms with Crippen molar-refractivity contribution < 1.29 is 0 Å². The molecule has 108 valence electrons. The molecule has 2 aromatic rings. The first-order valence-corrected chi connectivity index (χ1v) is 8.11. The maximum atomic E-state index is 3.51. The number of hydrogen-bond donors (Lipinski definition) is 1. The first-order chi connectivity index (χ1) is 9.65. The van der Waals surface area contributed by atoms with Crippen LogP contribution in [0, 0.1) is 0 Å². The Bertz CT molecular complexity index is 522. The van der Waals surface area contributed by atoms with E-state index in [1.54, 1.807) is 0 Å². The van der Waals surface area contributed by atoms with E-state index in [1.807, 2.05) is 11.3 Å². The van der Waals surface area contributed by atoms with E-state index in [1.165, 1.54) is 16.1 Å². The van der Waals surface area contributed by atoms with Crippen LogP contribution in [0.3, 0.4) is 0 Å². The highest BCUT2D eigenvalue weighted by Gasteiger charge is 2.18. The van der Waals surface area contributed by atoms with Crippen LogP contribution in [0.4, 0.5) is 5.69 Å². The Kier molecular flexibility index (Phi) is 5.21. The number of nitrogens with zero attached hydrogens (tertiary/aromatic N) is 1. The van der Waals surface area contributed by atoms with Gasteiger partial charge in [-0.05, 0) is 43.5 Å². The summed E-state index contributed by atoms with van der Waals surface area (Å²) in [5.41, 5.74) is 2.67. The summed E-state index contributed by atoms with van der Waals surface area (Å²) in [4.78, 5) is 3.77. The van der Waals surface area contributed by atoms with Gasteiger partial charge in [0.15, 0.2) is 0 Å². The standard InChI is InChI=1S/C17H24N2S/c1-5-18-13(2)15-9-6-7-10-16(15)19(4)14(3)17-11-8-12-20-17/h6-14,18H,5H2,1-4H3. The zero-order chi connectivity index (χ0) is 14.5. The quantitative estimate of drug-likeness (QED) is 0.834. The second-order valence-electron chi connectivity index (χ2n) is 5.14. The minimum absolute atomic E-state index is 0.370. The van der Waals surface area contributed by atoms with Gasteiger partial charge in [-0.1, -0.05) is 31.2 Å². The van der Waals surface area contributed by atoms with Gasteiger partial charge in [-0.2, -0.15) is 0 Å². The summed E-state index contributed by atoms with van der Waals surface area (Å²) in [5, 5.41) is 5.65.